The SMILES string of the molecule is CC[C@@H](Oc1cc(C)ccc1C)C(=O)Nc1ccc(S(=O)(=O)Nc2cccc(C(F)(F)F)c2)cc1. The molecule has 0 fully saturated rings. The molecule has 3 rings (SSSR count). The molecule has 3 aromatic rings. The number of carbonyl (C=O) groups excluding carboxylic acids is 1. The van der Waals surface area contributed by atoms with E-state index in [1.165, 1.54) is 30.3 Å². The number of benzene rings is 3. The zero-order chi connectivity index (χ0) is 25.8. The summed E-state index contributed by atoms with van der Waals surface area (Å²) in [6.07, 6.45) is -4.95. The number of ether oxygens (including phenoxy) is 1. The minimum Gasteiger partial charge on any atom is -0.480 e. The van der Waals surface area contributed by atoms with Gasteiger partial charge in [-0.3, -0.25) is 9.52 Å². The normalized spacial score (nSPS) is 12.6. The van der Waals surface area contributed by atoms with Gasteiger partial charge < -0.3 is 10.1 Å². The molecule has 0 aliphatic rings. The van der Waals surface area contributed by atoms with Gasteiger partial charge in [-0.2, -0.15) is 13.2 Å². The van der Waals surface area contributed by atoms with E-state index in [4.69, 9.17) is 4.74 Å². The van der Waals surface area contributed by atoms with E-state index in [1.807, 2.05) is 39.0 Å². The number of anilines is 2. The molecule has 1 amide bonds. The summed E-state index contributed by atoms with van der Waals surface area (Å²) in [4.78, 5) is 12.5. The van der Waals surface area contributed by atoms with Crippen LogP contribution in [0.2, 0.25) is 0 Å². The summed E-state index contributed by atoms with van der Waals surface area (Å²) < 4.78 is 71.9. The molecule has 0 heterocycles. The predicted molar refractivity (Wildman–Crippen MR) is 128 cm³/mol. The second-order valence-corrected chi connectivity index (χ2v) is 9.66. The fourth-order valence-electron chi connectivity index (χ4n) is 3.22. The van der Waals surface area contributed by atoms with Gasteiger partial charge in [-0.25, -0.2) is 8.42 Å². The van der Waals surface area contributed by atoms with E-state index in [0.717, 1.165) is 23.3 Å². The topological polar surface area (TPSA) is 84.5 Å². The number of rotatable bonds is 8. The number of carbonyl (C=O) groups is 1. The third-order valence-electron chi connectivity index (χ3n) is 5.15. The van der Waals surface area contributed by atoms with Crippen molar-refractivity contribution >= 4 is 27.3 Å². The quantitative estimate of drug-likeness (QED) is 0.397. The van der Waals surface area contributed by atoms with Gasteiger partial charge in [-0.1, -0.05) is 25.1 Å². The van der Waals surface area contributed by atoms with Crippen LogP contribution in [0.4, 0.5) is 24.5 Å². The number of alkyl halides is 3. The van der Waals surface area contributed by atoms with Crippen molar-refractivity contribution in [2.24, 2.45) is 0 Å². The van der Waals surface area contributed by atoms with Crippen LogP contribution in [-0.4, -0.2) is 20.4 Å². The standard InChI is InChI=1S/C25H25F3N2O4S/c1-4-22(34-23-14-16(2)8-9-17(23)3)24(31)29-19-10-12-21(13-11-19)35(32,33)30-20-7-5-6-18(15-20)25(26,27)28/h5-15,22,30H,4H2,1-3H3,(H,29,31)/t22-/m1/s1. The minimum atomic E-state index is -4.60. The number of hydrogen-bond donors (Lipinski definition) is 2. The molecule has 10 heteroatoms. The maximum absolute atomic E-state index is 12.9. The van der Waals surface area contributed by atoms with Gasteiger partial charge in [0.15, 0.2) is 6.10 Å². The van der Waals surface area contributed by atoms with E-state index in [-0.39, 0.29) is 10.6 Å². The van der Waals surface area contributed by atoms with Gasteiger partial charge in [0.2, 0.25) is 0 Å². The van der Waals surface area contributed by atoms with E-state index in [1.54, 1.807) is 0 Å². The maximum Gasteiger partial charge on any atom is 0.416 e. The van der Waals surface area contributed by atoms with Gasteiger partial charge >= 0.3 is 6.18 Å². The highest BCUT2D eigenvalue weighted by Crippen LogP contribution is 2.31. The number of sulfonamides is 1. The zero-order valence-electron chi connectivity index (χ0n) is 19.3. The minimum absolute atomic E-state index is 0.174. The van der Waals surface area contributed by atoms with Crippen LogP contribution in [0.25, 0.3) is 0 Å². The number of amides is 1. The summed E-state index contributed by atoms with van der Waals surface area (Å²) in [5.74, 6) is 0.209. The summed E-state index contributed by atoms with van der Waals surface area (Å²) in [6.45, 7) is 5.61. The average molecular weight is 507 g/mol. The van der Waals surface area contributed by atoms with Crippen molar-refractivity contribution < 1.29 is 31.1 Å². The summed E-state index contributed by atoms with van der Waals surface area (Å²) in [5, 5.41) is 2.70. The fraction of sp³-hybridized carbons (Fsp3) is 0.240. The number of hydrogen-bond acceptors (Lipinski definition) is 4. The van der Waals surface area contributed by atoms with Crippen molar-refractivity contribution in [2.75, 3.05) is 10.0 Å². The van der Waals surface area contributed by atoms with E-state index in [9.17, 15) is 26.4 Å². The van der Waals surface area contributed by atoms with Crippen LogP contribution in [0.5, 0.6) is 5.75 Å². The van der Waals surface area contributed by atoms with Crippen LogP contribution in [0, 0.1) is 13.8 Å². The largest absolute Gasteiger partial charge is 0.480 e. The lowest BCUT2D eigenvalue weighted by molar-refractivity contribution is -0.137. The molecule has 186 valence electrons. The van der Waals surface area contributed by atoms with E-state index in [0.29, 0.717) is 23.9 Å². The first-order valence-electron chi connectivity index (χ1n) is 10.7. The second kappa shape index (κ2) is 10.4. The van der Waals surface area contributed by atoms with Gasteiger partial charge in [0, 0.05) is 11.4 Å². The fourth-order valence-corrected chi connectivity index (χ4v) is 4.27. The molecule has 0 spiro atoms. The van der Waals surface area contributed by atoms with E-state index >= 15 is 0 Å². The lowest BCUT2D eigenvalue weighted by Gasteiger charge is -2.19. The number of aryl methyl sites for hydroxylation is 2. The van der Waals surface area contributed by atoms with Gasteiger partial charge in [-0.05, 0) is 79.9 Å². The molecule has 0 aromatic heterocycles. The first kappa shape index (κ1) is 26.1. The third kappa shape index (κ3) is 6.75. The zero-order valence-corrected chi connectivity index (χ0v) is 20.1. The lowest BCUT2D eigenvalue weighted by Crippen LogP contribution is -2.32. The average Bonchev–Trinajstić information content (AvgIpc) is 2.79. The lowest BCUT2D eigenvalue weighted by atomic mass is 10.1. The second-order valence-electron chi connectivity index (χ2n) is 7.98. The summed E-state index contributed by atoms with van der Waals surface area (Å²) in [7, 11) is -4.15. The first-order valence-corrected chi connectivity index (χ1v) is 12.2. The van der Waals surface area contributed by atoms with E-state index < -0.39 is 33.8 Å². The molecule has 3 aromatic carbocycles. The molecule has 0 aliphatic heterocycles. The van der Waals surface area contributed by atoms with Crippen molar-refractivity contribution in [1.29, 1.82) is 0 Å². The Balaban J connectivity index is 1.70. The highest BCUT2D eigenvalue weighted by atomic mass is 32.2. The Morgan fingerprint density at radius 1 is 0.971 bits per heavy atom. The molecule has 35 heavy (non-hydrogen) atoms. The molecule has 1 atom stereocenters. The predicted octanol–water partition coefficient (Wildman–Crippen LogP) is 5.92. The van der Waals surface area contributed by atoms with Crippen LogP contribution < -0.4 is 14.8 Å². The van der Waals surface area contributed by atoms with Crippen molar-refractivity contribution in [3.63, 3.8) is 0 Å². The molecule has 2 N–H and O–H groups in total. The molecule has 0 bridgehead atoms. The third-order valence-corrected chi connectivity index (χ3v) is 6.55. The van der Waals surface area contributed by atoms with Gasteiger partial charge in [0.1, 0.15) is 5.75 Å². The summed E-state index contributed by atoms with van der Waals surface area (Å²) in [6, 6.07) is 14.9. The smallest absolute Gasteiger partial charge is 0.416 e. The molecule has 6 nitrogen and oxygen atoms in total. The van der Waals surface area contributed by atoms with E-state index in [2.05, 4.69) is 10.0 Å². The summed E-state index contributed by atoms with van der Waals surface area (Å²) in [5.41, 5.74) is 1.05. The van der Waals surface area contributed by atoms with Gasteiger partial charge in [-0.15, -0.1) is 0 Å². The Labute approximate surface area is 202 Å². The van der Waals surface area contributed by atoms with Crippen molar-refractivity contribution in [3.8, 4) is 5.75 Å². The molecular formula is C25H25F3N2O4S. The molecule has 0 aliphatic carbocycles. The van der Waals surface area contributed by atoms with Gasteiger partial charge in [0.25, 0.3) is 15.9 Å². The first-order chi connectivity index (χ1) is 16.4. The van der Waals surface area contributed by atoms with Crippen LogP contribution in [-0.2, 0) is 21.0 Å². The molecular weight excluding hydrogens is 481 g/mol. The van der Waals surface area contributed by atoms with Crippen molar-refractivity contribution in [3.05, 3.63) is 83.4 Å². The molecule has 0 saturated carbocycles. The molecule has 0 radical (unpaired) electrons. The number of halogens is 3. The van der Waals surface area contributed by atoms with Crippen molar-refractivity contribution in [2.45, 2.75) is 44.4 Å². The van der Waals surface area contributed by atoms with Crippen LogP contribution in [0.3, 0.4) is 0 Å². The Bertz CT molecular complexity index is 1310. The maximum atomic E-state index is 12.9. The number of nitrogens with one attached hydrogen (secondary N) is 2. The van der Waals surface area contributed by atoms with Crippen LogP contribution in [0.15, 0.2) is 71.6 Å². The molecule has 0 unspecified atom stereocenters. The van der Waals surface area contributed by atoms with Crippen LogP contribution in [0.1, 0.15) is 30.0 Å². The highest BCUT2D eigenvalue weighted by molar-refractivity contribution is 7.92. The van der Waals surface area contributed by atoms with Crippen molar-refractivity contribution in [1.82, 2.24) is 0 Å². The summed E-state index contributed by atoms with van der Waals surface area (Å²) >= 11 is 0. The van der Waals surface area contributed by atoms with Gasteiger partial charge in [0.05, 0.1) is 10.5 Å². The molecule has 0 saturated heterocycles. The highest BCUT2D eigenvalue weighted by Gasteiger charge is 2.30. The monoisotopic (exact) mass is 506 g/mol. The Morgan fingerprint density at radius 2 is 1.66 bits per heavy atom. The Morgan fingerprint density at radius 3 is 2.29 bits per heavy atom. The Kier molecular flexibility index (Phi) is 7.74. The van der Waals surface area contributed by atoms with Crippen LogP contribution >= 0.6 is 0 Å². The Hall–Kier alpha value is -3.53.